The van der Waals surface area contributed by atoms with E-state index in [9.17, 15) is 4.79 Å². The van der Waals surface area contributed by atoms with Crippen molar-refractivity contribution in [3.8, 4) is 0 Å². The normalized spacial score (nSPS) is 22.3. The molecular formula is C18H24N8O2. The average molecular weight is 384 g/mol. The molecule has 1 saturated heterocycles. The first-order chi connectivity index (χ1) is 13.6. The van der Waals surface area contributed by atoms with Gasteiger partial charge in [0.25, 0.3) is 5.91 Å². The van der Waals surface area contributed by atoms with Crippen LogP contribution < -0.4 is 10.7 Å². The molecule has 0 aliphatic carbocycles. The molecule has 1 amide bonds. The van der Waals surface area contributed by atoms with Crippen molar-refractivity contribution in [1.29, 1.82) is 0 Å². The minimum absolute atomic E-state index is 0.178. The lowest BCUT2D eigenvalue weighted by molar-refractivity contribution is 0.0333. The van der Waals surface area contributed by atoms with Crippen LogP contribution in [0.5, 0.6) is 0 Å². The largest absolute Gasteiger partial charge is 0.377 e. The van der Waals surface area contributed by atoms with Gasteiger partial charge in [0.15, 0.2) is 0 Å². The maximum atomic E-state index is 12.3. The average Bonchev–Trinajstić information content (AvgIpc) is 3.38. The molecule has 0 radical (unpaired) electrons. The fourth-order valence-corrected chi connectivity index (χ4v) is 3.44. The number of aromatic amines is 1. The molecule has 3 N–H and O–H groups in total. The van der Waals surface area contributed by atoms with Gasteiger partial charge in [-0.25, -0.2) is 0 Å². The van der Waals surface area contributed by atoms with Crippen LogP contribution in [0.1, 0.15) is 23.1 Å². The number of hydrogen-bond acceptors (Lipinski definition) is 7. The Morgan fingerprint density at radius 2 is 2.29 bits per heavy atom. The van der Waals surface area contributed by atoms with Crippen molar-refractivity contribution in [2.75, 3.05) is 26.3 Å². The van der Waals surface area contributed by atoms with Crippen LogP contribution in [0.25, 0.3) is 5.57 Å². The third-order valence-electron chi connectivity index (χ3n) is 4.99. The molecule has 1 fully saturated rings. The van der Waals surface area contributed by atoms with Crippen LogP contribution in [0, 0.1) is 0 Å². The van der Waals surface area contributed by atoms with E-state index in [2.05, 4.69) is 49.0 Å². The van der Waals surface area contributed by atoms with Gasteiger partial charge in [0, 0.05) is 38.1 Å². The number of hydrogen-bond donors (Lipinski definition) is 3. The van der Waals surface area contributed by atoms with Crippen molar-refractivity contribution in [3.63, 3.8) is 0 Å². The summed E-state index contributed by atoms with van der Waals surface area (Å²) in [5.41, 5.74) is 5.63. The van der Waals surface area contributed by atoms with Crippen LogP contribution in [0.4, 0.5) is 0 Å². The molecule has 0 saturated carbocycles. The summed E-state index contributed by atoms with van der Waals surface area (Å²) in [4.78, 5) is 14.5. The van der Waals surface area contributed by atoms with E-state index in [0.717, 1.165) is 23.6 Å². The summed E-state index contributed by atoms with van der Waals surface area (Å²) in [5.74, 6) is 0.656. The SMILES string of the molecule is C[C@@H]1COCCN1C1=NNC(CNC(=O)c2ccn[nH]2)C(c2ccnn2C)=C1. The molecule has 0 aromatic carbocycles. The zero-order valence-corrected chi connectivity index (χ0v) is 15.9. The maximum Gasteiger partial charge on any atom is 0.269 e. The van der Waals surface area contributed by atoms with E-state index in [1.807, 2.05) is 17.8 Å². The Kier molecular flexibility index (Phi) is 5.11. The molecule has 28 heavy (non-hydrogen) atoms. The van der Waals surface area contributed by atoms with Crippen molar-refractivity contribution in [3.05, 3.63) is 42.0 Å². The number of aryl methyl sites for hydroxylation is 1. The number of carbonyl (C=O) groups is 1. The van der Waals surface area contributed by atoms with Gasteiger partial charge in [-0.3, -0.25) is 20.0 Å². The number of rotatable bonds is 4. The minimum atomic E-state index is -0.208. The third-order valence-corrected chi connectivity index (χ3v) is 4.99. The third kappa shape index (κ3) is 3.63. The molecule has 2 aromatic heterocycles. The lowest BCUT2D eigenvalue weighted by Crippen LogP contribution is -2.50. The number of aromatic nitrogens is 4. The summed E-state index contributed by atoms with van der Waals surface area (Å²) in [7, 11) is 1.90. The number of nitrogens with one attached hydrogen (secondary N) is 3. The van der Waals surface area contributed by atoms with Gasteiger partial charge in [-0.15, -0.1) is 0 Å². The molecule has 0 bridgehead atoms. The first-order valence-electron chi connectivity index (χ1n) is 9.28. The molecular weight excluding hydrogens is 360 g/mol. The Balaban J connectivity index is 1.55. The fraction of sp³-hybridized carbons (Fsp3) is 0.444. The molecule has 2 atom stereocenters. The molecule has 4 heterocycles. The smallest absolute Gasteiger partial charge is 0.269 e. The van der Waals surface area contributed by atoms with Gasteiger partial charge in [-0.1, -0.05) is 0 Å². The Hall–Kier alpha value is -3.14. The predicted octanol–water partition coefficient (Wildman–Crippen LogP) is -0.0374. The summed E-state index contributed by atoms with van der Waals surface area (Å²) in [6, 6.07) is 3.66. The van der Waals surface area contributed by atoms with E-state index in [4.69, 9.17) is 4.74 Å². The second-order valence-electron chi connectivity index (χ2n) is 6.89. The van der Waals surface area contributed by atoms with Crippen LogP contribution in [-0.4, -0.2) is 75.0 Å². The molecule has 1 unspecified atom stereocenters. The summed E-state index contributed by atoms with van der Waals surface area (Å²) < 4.78 is 7.36. The predicted molar refractivity (Wildman–Crippen MR) is 103 cm³/mol. The van der Waals surface area contributed by atoms with Gasteiger partial charge in [-0.05, 0) is 25.1 Å². The van der Waals surface area contributed by atoms with Gasteiger partial charge in [0.05, 0.1) is 31.0 Å². The first kappa shape index (κ1) is 18.2. The molecule has 2 aliphatic heterocycles. The summed E-state index contributed by atoms with van der Waals surface area (Å²) in [6.07, 6.45) is 5.39. The van der Waals surface area contributed by atoms with Gasteiger partial charge in [0.1, 0.15) is 11.5 Å². The zero-order chi connectivity index (χ0) is 19.5. The minimum Gasteiger partial charge on any atom is -0.377 e. The number of amidine groups is 1. The van der Waals surface area contributed by atoms with Gasteiger partial charge in [-0.2, -0.15) is 15.3 Å². The van der Waals surface area contributed by atoms with E-state index >= 15 is 0 Å². The van der Waals surface area contributed by atoms with Crippen LogP contribution in [0.3, 0.4) is 0 Å². The van der Waals surface area contributed by atoms with Crippen molar-refractivity contribution >= 4 is 17.3 Å². The second kappa shape index (κ2) is 7.85. The van der Waals surface area contributed by atoms with Crippen LogP contribution in [0.2, 0.25) is 0 Å². The number of amides is 1. The Morgan fingerprint density at radius 3 is 3.00 bits per heavy atom. The maximum absolute atomic E-state index is 12.3. The van der Waals surface area contributed by atoms with Crippen LogP contribution in [0.15, 0.2) is 35.7 Å². The zero-order valence-electron chi connectivity index (χ0n) is 15.9. The van der Waals surface area contributed by atoms with E-state index in [1.165, 1.54) is 0 Å². The van der Waals surface area contributed by atoms with Crippen molar-refractivity contribution in [2.24, 2.45) is 12.1 Å². The van der Waals surface area contributed by atoms with Gasteiger partial charge >= 0.3 is 0 Å². The van der Waals surface area contributed by atoms with Crippen molar-refractivity contribution in [1.82, 2.24) is 35.6 Å². The Bertz CT molecular complexity index is 885. The van der Waals surface area contributed by atoms with E-state index in [-0.39, 0.29) is 18.0 Å². The molecule has 0 spiro atoms. The molecule has 148 valence electrons. The lowest BCUT2D eigenvalue weighted by atomic mass is 10.0. The van der Waals surface area contributed by atoms with Gasteiger partial charge < -0.3 is 15.0 Å². The van der Waals surface area contributed by atoms with E-state index in [0.29, 0.717) is 25.5 Å². The topological polar surface area (TPSA) is 112 Å². The van der Waals surface area contributed by atoms with Crippen molar-refractivity contribution in [2.45, 2.75) is 19.0 Å². The number of nitrogens with zero attached hydrogens (tertiary/aromatic N) is 5. The number of H-pyrrole nitrogens is 1. The standard InChI is InChI=1S/C18H24N8O2/c1-12-11-28-8-7-26(12)17-9-13(16-4-6-21-25(16)2)15(23-24-17)10-19-18(27)14-3-5-20-22-14/h3-6,9,12,15,23H,7-8,10-11H2,1-2H3,(H,19,27)(H,20,22)/t12-,15?/m1/s1. The number of hydrazone groups is 1. The van der Waals surface area contributed by atoms with Crippen LogP contribution >= 0.6 is 0 Å². The molecule has 4 rings (SSSR count). The second-order valence-corrected chi connectivity index (χ2v) is 6.89. The fourth-order valence-electron chi connectivity index (χ4n) is 3.44. The Morgan fingerprint density at radius 1 is 1.39 bits per heavy atom. The Labute approximate surface area is 162 Å². The number of morpholine rings is 1. The summed E-state index contributed by atoms with van der Waals surface area (Å²) in [6.45, 7) is 4.65. The summed E-state index contributed by atoms with van der Waals surface area (Å²) in [5, 5.41) is 18.3. The molecule has 10 nitrogen and oxygen atoms in total. The van der Waals surface area contributed by atoms with E-state index < -0.39 is 0 Å². The highest BCUT2D eigenvalue weighted by Gasteiger charge is 2.28. The van der Waals surface area contributed by atoms with Gasteiger partial charge in [0.2, 0.25) is 0 Å². The highest BCUT2D eigenvalue weighted by Crippen LogP contribution is 2.22. The lowest BCUT2D eigenvalue weighted by Gasteiger charge is -2.37. The van der Waals surface area contributed by atoms with Crippen molar-refractivity contribution < 1.29 is 9.53 Å². The highest BCUT2D eigenvalue weighted by molar-refractivity contribution is 6.01. The highest BCUT2D eigenvalue weighted by atomic mass is 16.5. The first-order valence-corrected chi connectivity index (χ1v) is 9.28. The van der Waals surface area contributed by atoms with Crippen LogP contribution in [-0.2, 0) is 11.8 Å². The summed E-state index contributed by atoms with van der Waals surface area (Å²) >= 11 is 0. The molecule has 10 heteroatoms. The monoisotopic (exact) mass is 384 g/mol. The molecule has 2 aromatic rings. The number of ether oxygens (including phenoxy) is 1. The quantitative estimate of drug-likeness (QED) is 0.682. The van der Waals surface area contributed by atoms with E-state index in [1.54, 1.807) is 18.5 Å². The number of carbonyl (C=O) groups excluding carboxylic acids is 1. The molecule has 2 aliphatic rings.